The molecule has 0 spiro atoms. The van der Waals surface area contributed by atoms with E-state index in [1.165, 1.54) is 13.0 Å². The maximum Gasteiger partial charge on any atom is 0.137 e. The van der Waals surface area contributed by atoms with Crippen LogP contribution in [0.15, 0.2) is 33.2 Å². The van der Waals surface area contributed by atoms with E-state index in [0.29, 0.717) is 16.0 Å². The molecule has 1 heterocycles. The molecule has 1 aromatic carbocycles. The van der Waals surface area contributed by atoms with Crippen LogP contribution in [0.5, 0.6) is 0 Å². The minimum Gasteiger partial charge on any atom is -0.461 e. The van der Waals surface area contributed by atoms with Crippen LogP contribution in [-0.2, 0) is 11.2 Å². The first kappa shape index (κ1) is 13.0. The summed E-state index contributed by atoms with van der Waals surface area (Å²) in [5.74, 6) is 1.02. The van der Waals surface area contributed by atoms with Gasteiger partial charge in [0.15, 0.2) is 0 Å². The quantitative estimate of drug-likeness (QED) is 0.846. The van der Waals surface area contributed by atoms with Gasteiger partial charge in [-0.15, -0.1) is 0 Å². The van der Waals surface area contributed by atoms with Crippen molar-refractivity contribution in [2.24, 2.45) is 0 Å². The second-order valence-corrected chi connectivity index (χ2v) is 5.08. The second kappa shape index (κ2) is 5.06. The van der Waals surface area contributed by atoms with E-state index in [1.54, 1.807) is 18.2 Å². The smallest absolute Gasteiger partial charge is 0.137 e. The van der Waals surface area contributed by atoms with Crippen molar-refractivity contribution in [3.63, 3.8) is 0 Å². The molecular formula is C14H12BrFO2. The van der Waals surface area contributed by atoms with E-state index in [0.717, 1.165) is 11.1 Å². The van der Waals surface area contributed by atoms with Crippen molar-refractivity contribution in [1.82, 2.24) is 0 Å². The number of aryl methyl sites for hydroxylation is 1. The molecule has 18 heavy (non-hydrogen) atoms. The predicted octanol–water partition coefficient (Wildman–Crippen LogP) is 4.29. The van der Waals surface area contributed by atoms with Crippen molar-refractivity contribution in [2.45, 2.75) is 20.3 Å². The summed E-state index contributed by atoms with van der Waals surface area (Å²) >= 11 is 3.15. The van der Waals surface area contributed by atoms with Crippen molar-refractivity contribution in [3.05, 3.63) is 45.9 Å². The molecule has 0 N–H and O–H groups in total. The molecule has 0 atom stereocenters. The zero-order valence-corrected chi connectivity index (χ0v) is 11.7. The van der Waals surface area contributed by atoms with E-state index in [1.807, 2.05) is 6.92 Å². The van der Waals surface area contributed by atoms with E-state index >= 15 is 0 Å². The van der Waals surface area contributed by atoms with Gasteiger partial charge >= 0.3 is 0 Å². The van der Waals surface area contributed by atoms with E-state index < -0.39 is 0 Å². The number of carbonyl (C=O) groups is 1. The molecule has 2 nitrogen and oxygen atoms in total. The summed E-state index contributed by atoms with van der Waals surface area (Å²) in [7, 11) is 0. The van der Waals surface area contributed by atoms with Gasteiger partial charge in [-0.3, -0.25) is 4.79 Å². The molecule has 2 aromatic rings. The van der Waals surface area contributed by atoms with Crippen LogP contribution in [0.1, 0.15) is 18.2 Å². The number of furan rings is 1. The Morgan fingerprint density at radius 2 is 2.11 bits per heavy atom. The standard InChI is InChI=1S/C14H12BrFO2/c1-8-5-13(16)12(15)7-11(8)14-4-3-10(18-14)6-9(2)17/h3-5,7H,6H2,1-2H3. The summed E-state index contributed by atoms with van der Waals surface area (Å²) in [5, 5.41) is 0. The molecule has 0 aliphatic carbocycles. The van der Waals surface area contributed by atoms with Crippen molar-refractivity contribution >= 4 is 21.7 Å². The zero-order chi connectivity index (χ0) is 13.3. The number of hydrogen-bond donors (Lipinski definition) is 0. The topological polar surface area (TPSA) is 30.2 Å². The Morgan fingerprint density at radius 3 is 2.78 bits per heavy atom. The highest BCUT2D eigenvalue weighted by Gasteiger charge is 2.11. The predicted molar refractivity (Wildman–Crippen MR) is 70.9 cm³/mol. The van der Waals surface area contributed by atoms with Crippen LogP contribution in [0.2, 0.25) is 0 Å². The fourth-order valence-electron chi connectivity index (χ4n) is 1.77. The lowest BCUT2D eigenvalue weighted by atomic mass is 10.1. The lowest BCUT2D eigenvalue weighted by Gasteiger charge is -2.04. The molecule has 0 fully saturated rings. The number of ketones is 1. The number of hydrogen-bond acceptors (Lipinski definition) is 2. The number of carbonyl (C=O) groups excluding carboxylic acids is 1. The number of rotatable bonds is 3. The van der Waals surface area contributed by atoms with Crippen molar-refractivity contribution in [3.8, 4) is 11.3 Å². The fourth-order valence-corrected chi connectivity index (χ4v) is 2.12. The van der Waals surface area contributed by atoms with Gasteiger partial charge in [-0.05, 0) is 59.6 Å². The third-order valence-electron chi connectivity index (χ3n) is 2.62. The zero-order valence-electron chi connectivity index (χ0n) is 10.1. The average Bonchev–Trinajstić information content (AvgIpc) is 2.70. The minimum atomic E-state index is -0.299. The normalized spacial score (nSPS) is 10.7. The molecule has 0 saturated heterocycles. The molecular weight excluding hydrogens is 299 g/mol. The lowest BCUT2D eigenvalue weighted by molar-refractivity contribution is -0.116. The molecule has 1 aromatic heterocycles. The minimum absolute atomic E-state index is 0.0490. The average molecular weight is 311 g/mol. The SMILES string of the molecule is CC(=O)Cc1ccc(-c2cc(Br)c(F)cc2C)o1. The van der Waals surface area contributed by atoms with Gasteiger partial charge in [0.2, 0.25) is 0 Å². The van der Waals surface area contributed by atoms with Gasteiger partial charge in [0, 0.05) is 5.56 Å². The van der Waals surface area contributed by atoms with Gasteiger partial charge in [-0.25, -0.2) is 4.39 Å². The first-order valence-electron chi connectivity index (χ1n) is 5.51. The highest BCUT2D eigenvalue weighted by atomic mass is 79.9. The van der Waals surface area contributed by atoms with E-state index in [9.17, 15) is 9.18 Å². The van der Waals surface area contributed by atoms with Gasteiger partial charge in [0.05, 0.1) is 10.9 Å². The van der Waals surface area contributed by atoms with Crippen molar-refractivity contribution in [1.29, 1.82) is 0 Å². The van der Waals surface area contributed by atoms with Crippen LogP contribution in [0.25, 0.3) is 11.3 Å². The maximum absolute atomic E-state index is 13.3. The van der Waals surface area contributed by atoms with E-state index in [2.05, 4.69) is 15.9 Å². The third kappa shape index (κ3) is 2.70. The lowest BCUT2D eigenvalue weighted by Crippen LogP contribution is -1.93. The largest absolute Gasteiger partial charge is 0.461 e. The molecule has 0 aliphatic heterocycles. The highest BCUT2D eigenvalue weighted by molar-refractivity contribution is 9.10. The highest BCUT2D eigenvalue weighted by Crippen LogP contribution is 2.30. The Kier molecular flexibility index (Phi) is 3.66. The first-order valence-corrected chi connectivity index (χ1v) is 6.31. The monoisotopic (exact) mass is 310 g/mol. The van der Waals surface area contributed by atoms with Gasteiger partial charge in [-0.2, -0.15) is 0 Å². The van der Waals surface area contributed by atoms with Crippen LogP contribution in [0.3, 0.4) is 0 Å². The molecule has 2 rings (SSSR count). The Bertz CT molecular complexity index is 602. The van der Waals surface area contributed by atoms with Gasteiger partial charge in [0.25, 0.3) is 0 Å². The van der Waals surface area contributed by atoms with E-state index in [-0.39, 0.29) is 18.0 Å². The summed E-state index contributed by atoms with van der Waals surface area (Å²) in [6.07, 6.45) is 0.279. The molecule has 4 heteroatoms. The van der Waals surface area contributed by atoms with Gasteiger partial charge in [-0.1, -0.05) is 0 Å². The summed E-state index contributed by atoms with van der Waals surface area (Å²) in [6.45, 7) is 3.33. The van der Waals surface area contributed by atoms with Crippen LogP contribution < -0.4 is 0 Å². The van der Waals surface area contributed by atoms with Crippen molar-refractivity contribution < 1.29 is 13.6 Å². The second-order valence-electron chi connectivity index (χ2n) is 4.23. The fraction of sp³-hybridized carbons (Fsp3) is 0.214. The Labute approximate surface area is 113 Å². The number of Topliss-reactive ketones (excluding diaryl/α,β-unsaturated/α-hetero) is 1. The van der Waals surface area contributed by atoms with Crippen LogP contribution >= 0.6 is 15.9 Å². The van der Waals surface area contributed by atoms with E-state index in [4.69, 9.17) is 4.42 Å². The summed E-state index contributed by atoms with van der Waals surface area (Å²) in [6, 6.07) is 6.70. The third-order valence-corrected chi connectivity index (χ3v) is 3.23. The Balaban J connectivity index is 2.40. The van der Waals surface area contributed by atoms with Gasteiger partial charge in [0.1, 0.15) is 23.1 Å². The number of benzene rings is 1. The van der Waals surface area contributed by atoms with Gasteiger partial charge < -0.3 is 4.42 Å². The molecule has 0 radical (unpaired) electrons. The van der Waals surface area contributed by atoms with Crippen LogP contribution in [0.4, 0.5) is 4.39 Å². The molecule has 0 saturated carbocycles. The molecule has 0 amide bonds. The van der Waals surface area contributed by atoms with Crippen LogP contribution in [0, 0.1) is 12.7 Å². The molecule has 0 unspecified atom stereocenters. The van der Waals surface area contributed by atoms with Crippen molar-refractivity contribution in [2.75, 3.05) is 0 Å². The molecule has 94 valence electrons. The number of halogens is 2. The first-order chi connectivity index (χ1) is 8.47. The molecule has 0 aliphatic rings. The summed E-state index contributed by atoms with van der Waals surface area (Å²) < 4.78 is 19.3. The summed E-state index contributed by atoms with van der Waals surface area (Å²) in [5.41, 5.74) is 1.61. The molecule has 0 bridgehead atoms. The Morgan fingerprint density at radius 1 is 1.39 bits per heavy atom. The summed E-state index contributed by atoms with van der Waals surface area (Å²) in [4.78, 5) is 11.0. The van der Waals surface area contributed by atoms with Crippen LogP contribution in [-0.4, -0.2) is 5.78 Å². The maximum atomic E-state index is 13.3. The Hall–Kier alpha value is -1.42.